The Hall–Kier alpha value is -0.400. The highest BCUT2D eigenvalue weighted by molar-refractivity contribution is 8.00. The zero-order chi connectivity index (χ0) is 23.1. The zero-order valence-electron chi connectivity index (χ0n) is 13.6. The molecule has 2 unspecified atom stereocenters. The number of hydrogen-bond donors (Lipinski definition) is 3. The van der Waals surface area contributed by atoms with Crippen molar-refractivity contribution < 1.29 is 72.3 Å². The number of alkyl halides is 10. The summed E-state index contributed by atoms with van der Waals surface area (Å²) in [5, 5.41) is 4.50. The third-order valence-electron chi connectivity index (χ3n) is 2.51. The molecule has 29 heavy (non-hydrogen) atoms. The molecule has 0 rings (SSSR count). The van der Waals surface area contributed by atoms with Crippen molar-refractivity contribution in [3.8, 4) is 0 Å². The highest BCUT2D eigenvalue weighted by Crippen LogP contribution is 2.49. The summed E-state index contributed by atoms with van der Waals surface area (Å²) in [6.45, 7) is -1.71. The van der Waals surface area contributed by atoms with Crippen LogP contribution < -0.4 is 11.1 Å². The van der Waals surface area contributed by atoms with Gasteiger partial charge in [-0.1, -0.05) is 11.8 Å². The predicted molar refractivity (Wildman–Crippen MR) is 73.9 cm³/mol. The number of ether oxygens (including phenoxy) is 2. The Morgan fingerprint density at radius 1 is 1.03 bits per heavy atom. The fourth-order valence-corrected chi connectivity index (χ4v) is 2.27. The molecule has 0 aliphatic carbocycles. The summed E-state index contributed by atoms with van der Waals surface area (Å²) in [7, 11) is -4.22. The highest BCUT2D eigenvalue weighted by Gasteiger charge is 2.75. The van der Waals surface area contributed by atoms with Gasteiger partial charge in [0.2, 0.25) is 0 Å². The van der Waals surface area contributed by atoms with Crippen molar-refractivity contribution in [2.45, 2.75) is 29.8 Å². The van der Waals surface area contributed by atoms with Crippen molar-refractivity contribution in [2.75, 3.05) is 25.6 Å². The van der Waals surface area contributed by atoms with Crippen LogP contribution in [0.5, 0.6) is 0 Å². The maximum atomic E-state index is 13.3. The molecule has 0 fully saturated rings. The van der Waals surface area contributed by atoms with E-state index in [1.807, 2.05) is 0 Å². The molecule has 0 spiro atoms. The quantitative estimate of drug-likeness (QED) is 0.144. The first-order valence-electron chi connectivity index (χ1n) is 6.74. The smallest absolute Gasteiger partial charge is 0.378 e. The first-order valence-corrected chi connectivity index (χ1v) is 9.27. The number of rotatable bonds is 14. The van der Waals surface area contributed by atoms with Gasteiger partial charge in [-0.15, -0.1) is 5.25 Å². The van der Waals surface area contributed by atoms with Gasteiger partial charge >= 0.3 is 31.2 Å². The van der Waals surface area contributed by atoms with Crippen LogP contribution in [0.15, 0.2) is 0 Å². The van der Waals surface area contributed by atoms with Gasteiger partial charge in [0.1, 0.15) is 0 Å². The molecule has 0 aromatic rings. The molecule has 8 nitrogen and oxygen atoms in total. The minimum atomic E-state index is -6.93. The van der Waals surface area contributed by atoms with E-state index < -0.39 is 74.9 Å². The number of nitrogens with two attached hydrogens (primary N) is 1. The van der Waals surface area contributed by atoms with Crippen molar-refractivity contribution >= 4 is 19.5 Å². The standard InChI is InChI=1S/C9H13F10N2O6PS/c10-5(26-9(18,19)7(13,14)8(15,16)17)6(11,12)29-4-3-24-1-2-25-28(23,21-22)27-20/h5,22H,1-4,20H2,(H,21,23). The van der Waals surface area contributed by atoms with E-state index in [-0.39, 0.29) is 0 Å². The van der Waals surface area contributed by atoms with Crippen LogP contribution in [0.2, 0.25) is 0 Å². The molecule has 2 atom stereocenters. The van der Waals surface area contributed by atoms with E-state index in [1.165, 1.54) is 0 Å². The molecule has 0 aromatic heterocycles. The number of hydrogen-bond acceptors (Lipinski definition) is 8. The Kier molecular flexibility index (Phi) is 10.6. The minimum absolute atomic E-state index is 0.480. The van der Waals surface area contributed by atoms with Crippen LogP contribution in [-0.2, 0) is 23.2 Å². The Balaban J connectivity index is 4.46. The molecule has 4 N–H and O–H groups in total. The number of halogens is 10. The van der Waals surface area contributed by atoms with Crippen LogP contribution in [0.1, 0.15) is 0 Å². The summed E-state index contributed by atoms with van der Waals surface area (Å²) in [4.78, 5) is 0. The van der Waals surface area contributed by atoms with Crippen molar-refractivity contribution in [2.24, 2.45) is 5.90 Å². The fraction of sp³-hybridized carbons (Fsp3) is 1.00. The second kappa shape index (κ2) is 10.8. The van der Waals surface area contributed by atoms with Gasteiger partial charge in [-0.3, -0.25) is 9.26 Å². The van der Waals surface area contributed by atoms with E-state index in [1.54, 1.807) is 0 Å². The lowest BCUT2D eigenvalue weighted by Crippen LogP contribution is -2.55. The SMILES string of the molecule is NOP(=O)(NO)OCCOCCSC(F)(F)C(F)OC(F)(F)C(F)(F)C(F)(F)F. The second-order valence-corrected chi connectivity index (χ2v) is 7.49. The molecule has 176 valence electrons. The topological polar surface area (TPSA) is 112 Å². The molecule has 0 heterocycles. The Labute approximate surface area is 159 Å². The Morgan fingerprint density at radius 3 is 2.03 bits per heavy atom. The van der Waals surface area contributed by atoms with Crippen molar-refractivity contribution in [3.63, 3.8) is 0 Å². The third kappa shape index (κ3) is 8.33. The van der Waals surface area contributed by atoms with Gasteiger partial charge in [-0.05, 0) is 0 Å². The van der Waals surface area contributed by atoms with Crippen LogP contribution >= 0.6 is 19.5 Å². The molecular formula is C9H13F10N2O6PS. The van der Waals surface area contributed by atoms with Gasteiger partial charge in [-0.2, -0.15) is 39.5 Å². The van der Waals surface area contributed by atoms with Crippen molar-refractivity contribution in [1.29, 1.82) is 0 Å². The normalized spacial score (nSPS) is 17.2. The number of thioether (sulfide) groups is 1. The zero-order valence-corrected chi connectivity index (χ0v) is 15.3. The first kappa shape index (κ1) is 28.6. The summed E-state index contributed by atoms with van der Waals surface area (Å²) in [5.41, 5.74) is 0. The molecule has 0 aliphatic heterocycles. The molecular weight excluding hydrogens is 485 g/mol. The van der Waals surface area contributed by atoms with E-state index in [9.17, 15) is 48.5 Å². The molecule has 0 aliphatic rings. The third-order valence-corrected chi connectivity index (χ3v) is 4.50. The van der Waals surface area contributed by atoms with E-state index in [0.717, 1.165) is 5.25 Å². The molecule has 0 bridgehead atoms. The summed E-state index contributed by atoms with van der Waals surface area (Å²) in [6, 6.07) is 0. The van der Waals surface area contributed by atoms with Crippen molar-refractivity contribution in [3.05, 3.63) is 0 Å². The van der Waals surface area contributed by atoms with E-state index in [0.29, 0.717) is 0 Å². The minimum Gasteiger partial charge on any atom is -0.378 e. The van der Waals surface area contributed by atoms with Crippen LogP contribution in [0.25, 0.3) is 0 Å². The summed E-state index contributed by atoms with van der Waals surface area (Å²) >= 11 is -0.792. The van der Waals surface area contributed by atoms with Gasteiger partial charge in [0.25, 0.3) is 6.36 Å². The van der Waals surface area contributed by atoms with E-state index in [4.69, 9.17) is 5.21 Å². The van der Waals surface area contributed by atoms with Gasteiger partial charge in [0, 0.05) is 5.75 Å². The van der Waals surface area contributed by atoms with Crippen LogP contribution in [-0.4, -0.2) is 60.6 Å². The van der Waals surface area contributed by atoms with Gasteiger partial charge in [0.05, 0.1) is 19.8 Å². The van der Waals surface area contributed by atoms with Gasteiger partial charge < -0.3 is 9.94 Å². The van der Waals surface area contributed by atoms with Gasteiger partial charge in [-0.25, -0.2) is 19.5 Å². The second-order valence-electron chi connectivity index (χ2n) is 4.58. The Morgan fingerprint density at radius 2 is 1.59 bits per heavy atom. The average molecular weight is 498 g/mol. The van der Waals surface area contributed by atoms with Crippen LogP contribution in [0.3, 0.4) is 0 Å². The first-order chi connectivity index (χ1) is 13.0. The molecule has 0 saturated carbocycles. The summed E-state index contributed by atoms with van der Waals surface area (Å²) < 4.78 is 152. The van der Waals surface area contributed by atoms with E-state index in [2.05, 4.69) is 24.5 Å². The molecule has 0 radical (unpaired) electrons. The fourth-order valence-electron chi connectivity index (χ4n) is 1.14. The maximum absolute atomic E-state index is 13.3. The lowest BCUT2D eigenvalue weighted by Gasteiger charge is -2.30. The maximum Gasteiger partial charge on any atom is 0.462 e. The lowest BCUT2D eigenvalue weighted by molar-refractivity contribution is -0.446. The lowest BCUT2D eigenvalue weighted by atomic mass is 10.3. The molecule has 20 heteroatoms. The molecule has 0 amide bonds. The largest absolute Gasteiger partial charge is 0.462 e. The van der Waals surface area contributed by atoms with Gasteiger partial charge in [0.15, 0.2) is 0 Å². The monoisotopic (exact) mass is 498 g/mol. The molecule has 0 aromatic carbocycles. The highest BCUT2D eigenvalue weighted by atomic mass is 32.2. The number of nitrogens with one attached hydrogen (secondary N) is 1. The van der Waals surface area contributed by atoms with Crippen LogP contribution in [0.4, 0.5) is 43.9 Å². The molecule has 0 saturated heterocycles. The van der Waals surface area contributed by atoms with Crippen molar-refractivity contribution in [1.82, 2.24) is 5.25 Å². The summed E-state index contributed by atoms with van der Waals surface area (Å²) in [5.74, 6) is -3.30. The summed E-state index contributed by atoms with van der Waals surface area (Å²) in [6.07, 6.45) is -18.0. The Bertz CT molecular complexity index is 548. The van der Waals surface area contributed by atoms with E-state index >= 15 is 0 Å². The average Bonchev–Trinajstić information content (AvgIpc) is 2.59. The predicted octanol–water partition coefficient (Wildman–Crippen LogP) is 3.43. The van der Waals surface area contributed by atoms with Crippen LogP contribution in [0, 0.1) is 0 Å².